The fourth-order valence-electron chi connectivity index (χ4n) is 1.78. The van der Waals surface area contributed by atoms with Crippen molar-refractivity contribution in [3.8, 4) is 11.8 Å². The Morgan fingerprint density at radius 1 is 1.63 bits per heavy atom. The van der Waals surface area contributed by atoms with Crippen LogP contribution in [0.5, 0.6) is 5.75 Å². The fraction of sp³-hybridized carbons (Fsp3) is 0.462. The molecule has 0 aliphatic carbocycles. The maximum atomic E-state index is 10.6. The van der Waals surface area contributed by atoms with Crippen molar-refractivity contribution in [1.82, 2.24) is 0 Å². The van der Waals surface area contributed by atoms with Crippen LogP contribution < -0.4 is 10.5 Å². The molecule has 0 aromatic heterocycles. The van der Waals surface area contributed by atoms with Crippen LogP contribution in [0, 0.1) is 28.4 Å². The number of hydrogen-bond donors (Lipinski definition) is 1. The molecule has 1 rings (SSSR count). The first kappa shape index (κ1) is 14.9. The lowest BCUT2D eigenvalue weighted by Crippen LogP contribution is -2.38. The zero-order chi connectivity index (χ0) is 14.6. The largest absolute Gasteiger partial charge is 0.490 e. The summed E-state index contributed by atoms with van der Waals surface area (Å²) in [5.41, 5.74) is 5.50. The second-order valence-electron chi connectivity index (χ2n) is 4.87. The summed E-state index contributed by atoms with van der Waals surface area (Å²) in [6.07, 6.45) is 0.120. The number of rotatable bonds is 5. The average Bonchev–Trinajstić information content (AvgIpc) is 2.30. The highest BCUT2D eigenvalue weighted by Crippen LogP contribution is 2.25. The van der Waals surface area contributed by atoms with Gasteiger partial charge in [-0.05, 0) is 32.4 Å². The third-order valence-electron chi connectivity index (χ3n) is 2.66. The number of ether oxygens (including phenoxy) is 1. The first-order valence-corrected chi connectivity index (χ1v) is 5.87. The third-order valence-corrected chi connectivity index (χ3v) is 2.66. The lowest BCUT2D eigenvalue weighted by Gasteiger charge is -2.22. The number of nitrogens with zero attached hydrogens (tertiary/aromatic N) is 2. The second-order valence-corrected chi connectivity index (χ2v) is 4.87. The molecule has 2 unspecified atom stereocenters. The Kier molecular flexibility index (Phi) is 4.46. The molecule has 1 aromatic rings. The van der Waals surface area contributed by atoms with E-state index >= 15 is 0 Å². The molecule has 0 radical (unpaired) electrons. The van der Waals surface area contributed by atoms with Crippen LogP contribution in [0.1, 0.15) is 25.8 Å². The van der Waals surface area contributed by atoms with Crippen molar-refractivity contribution in [2.24, 2.45) is 5.73 Å². The molecule has 0 heterocycles. The predicted octanol–water partition coefficient (Wildman–Crippen LogP) is 2.30. The summed E-state index contributed by atoms with van der Waals surface area (Å²) in [4.78, 5) is 10.2. The molecule has 0 amide bonds. The van der Waals surface area contributed by atoms with Crippen LogP contribution in [0.3, 0.4) is 0 Å². The molecule has 0 spiro atoms. The van der Waals surface area contributed by atoms with E-state index in [1.165, 1.54) is 12.1 Å². The number of nitro groups is 1. The molecular weight excluding hydrogens is 246 g/mol. The first-order chi connectivity index (χ1) is 8.75. The molecule has 2 N–H and O–H groups in total. The third kappa shape index (κ3) is 4.23. The molecule has 0 aliphatic rings. The van der Waals surface area contributed by atoms with Crippen LogP contribution in [0.25, 0.3) is 0 Å². The molecule has 19 heavy (non-hydrogen) atoms. The molecule has 1 aromatic carbocycles. The molecule has 2 atom stereocenters. The number of nitro benzene ring substituents is 1. The first-order valence-electron chi connectivity index (χ1n) is 5.87. The van der Waals surface area contributed by atoms with E-state index in [9.17, 15) is 10.1 Å². The number of nitriles is 1. The quantitative estimate of drug-likeness (QED) is 0.648. The van der Waals surface area contributed by atoms with E-state index in [1.54, 1.807) is 19.9 Å². The van der Waals surface area contributed by atoms with Crippen molar-refractivity contribution >= 4 is 5.69 Å². The van der Waals surface area contributed by atoms with Crippen LogP contribution in [-0.2, 0) is 0 Å². The highest BCUT2D eigenvalue weighted by atomic mass is 16.6. The van der Waals surface area contributed by atoms with Crippen molar-refractivity contribution in [1.29, 1.82) is 5.26 Å². The maximum Gasteiger partial charge on any atom is 0.269 e. The SMILES string of the molecule is Cc1cc([N+](=O)[O-])ccc1OC(C)CC(C)(N)C#N. The van der Waals surface area contributed by atoms with Crippen molar-refractivity contribution < 1.29 is 9.66 Å². The second kappa shape index (κ2) is 5.67. The minimum atomic E-state index is -0.950. The van der Waals surface area contributed by atoms with Gasteiger partial charge in [-0.15, -0.1) is 0 Å². The zero-order valence-electron chi connectivity index (χ0n) is 11.2. The summed E-state index contributed by atoms with van der Waals surface area (Å²) in [6, 6.07) is 6.41. The van der Waals surface area contributed by atoms with Gasteiger partial charge in [-0.25, -0.2) is 0 Å². The van der Waals surface area contributed by atoms with Gasteiger partial charge in [0.15, 0.2) is 0 Å². The van der Waals surface area contributed by atoms with Crippen LogP contribution in [0.15, 0.2) is 18.2 Å². The number of hydrogen-bond acceptors (Lipinski definition) is 5. The Labute approximate surface area is 111 Å². The summed E-state index contributed by atoms with van der Waals surface area (Å²) in [5.74, 6) is 0.562. The topological polar surface area (TPSA) is 102 Å². The van der Waals surface area contributed by atoms with Crippen molar-refractivity contribution in [2.45, 2.75) is 38.8 Å². The molecular formula is C13H17N3O3. The minimum Gasteiger partial charge on any atom is -0.490 e. The van der Waals surface area contributed by atoms with Crippen LogP contribution in [-0.4, -0.2) is 16.6 Å². The van der Waals surface area contributed by atoms with Gasteiger partial charge in [-0.2, -0.15) is 5.26 Å². The molecule has 0 fully saturated rings. The zero-order valence-corrected chi connectivity index (χ0v) is 11.2. The smallest absolute Gasteiger partial charge is 0.269 e. The number of nitrogens with two attached hydrogens (primary N) is 1. The van der Waals surface area contributed by atoms with Crippen LogP contribution in [0.4, 0.5) is 5.69 Å². The van der Waals surface area contributed by atoms with Crippen molar-refractivity contribution in [3.05, 3.63) is 33.9 Å². The highest BCUT2D eigenvalue weighted by molar-refractivity contribution is 5.43. The van der Waals surface area contributed by atoms with E-state index in [0.29, 0.717) is 17.7 Å². The van der Waals surface area contributed by atoms with E-state index in [4.69, 9.17) is 15.7 Å². The van der Waals surface area contributed by atoms with E-state index < -0.39 is 10.5 Å². The molecule has 6 nitrogen and oxygen atoms in total. The van der Waals surface area contributed by atoms with Crippen molar-refractivity contribution in [3.63, 3.8) is 0 Å². The highest BCUT2D eigenvalue weighted by Gasteiger charge is 2.22. The molecule has 102 valence electrons. The van der Waals surface area contributed by atoms with Gasteiger partial charge in [-0.3, -0.25) is 10.1 Å². The van der Waals surface area contributed by atoms with Gasteiger partial charge >= 0.3 is 0 Å². The predicted molar refractivity (Wildman–Crippen MR) is 70.7 cm³/mol. The fourth-order valence-corrected chi connectivity index (χ4v) is 1.78. The average molecular weight is 263 g/mol. The Hall–Kier alpha value is -2.13. The van der Waals surface area contributed by atoms with E-state index in [-0.39, 0.29) is 11.8 Å². The summed E-state index contributed by atoms with van der Waals surface area (Å²) in [7, 11) is 0. The van der Waals surface area contributed by atoms with Gasteiger partial charge in [-0.1, -0.05) is 0 Å². The molecule has 0 saturated heterocycles. The lowest BCUT2D eigenvalue weighted by molar-refractivity contribution is -0.384. The Balaban J connectivity index is 2.78. The van der Waals surface area contributed by atoms with Gasteiger partial charge in [0.1, 0.15) is 11.3 Å². The summed E-state index contributed by atoms with van der Waals surface area (Å²) < 4.78 is 5.66. The van der Waals surface area contributed by atoms with Crippen LogP contribution in [0.2, 0.25) is 0 Å². The molecule has 0 bridgehead atoms. The Morgan fingerprint density at radius 2 is 2.26 bits per heavy atom. The van der Waals surface area contributed by atoms with Gasteiger partial charge in [0.25, 0.3) is 5.69 Å². The van der Waals surface area contributed by atoms with Crippen LogP contribution >= 0.6 is 0 Å². The molecule has 6 heteroatoms. The molecule has 0 aliphatic heterocycles. The van der Waals surface area contributed by atoms with Gasteiger partial charge in [0.2, 0.25) is 0 Å². The maximum absolute atomic E-state index is 10.6. The van der Waals surface area contributed by atoms with Crippen molar-refractivity contribution in [2.75, 3.05) is 0 Å². The summed E-state index contributed by atoms with van der Waals surface area (Å²) in [6.45, 7) is 5.18. The van der Waals surface area contributed by atoms with E-state index in [0.717, 1.165) is 0 Å². The van der Waals surface area contributed by atoms with Gasteiger partial charge in [0, 0.05) is 18.6 Å². The lowest BCUT2D eigenvalue weighted by atomic mass is 9.98. The number of aryl methyl sites for hydroxylation is 1. The normalized spacial score (nSPS) is 15.1. The monoisotopic (exact) mass is 263 g/mol. The standard InChI is InChI=1S/C13H17N3O3/c1-9-6-11(16(17)18)4-5-12(9)19-10(2)7-13(3,15)8-14/h4-6,10H,7,15H2,1-3H3. The number of benzene rings is 1. The summed E-state index contributed by atoms with van der Waals surface area (Å²) in [5, 5.41) is 19.5. The Bertz CT molecular complexity index is 520. The number of non-ortho nitro benzene ring substituents is 1. The Morgan fingerprint density at radius 3 is 2.74 bits per heavy atom. The minimum absolute atomic E-state index is 0.0261. The van der Waals surface area contributed by atoms with Gasteiger partial charge < -0.3 is 10.5 Å². The van der Waals surface area contributed by atoms with E-state index in [2.05, 4.69) is 0 Å². The van der Waals surface area contributed by atoms with Gasteiger partial charge in [0.05, 0.1) is 17.1 Å². The summed E-state index contributed by atoms with van der Waals surface area (Å²) >= 11 is 0. The molecule has 0 saturated carbocycles. The van der Waals surface area contributed by atoms with E-state index in [1.807, 2.05) is 13.0 Å².